The summed E-state index contributed by atoms with van der Waals surface area (Å²) in [5.74, 6) is 3.47. The minimum atomic E-state index is -1.50. The lowest BCUT2D eigenvalue weighted by molar-refractivity contribution is -0.742. The summed E-state index contributed by atoms with van der Waals surface area (Å²) in [5, 5.41) is 23.0. The van der Waals surface area contributed by atoms with Gasteiger partial charge in [0, 0.05) is 0 Å². The van der Waals surface area contributed by atoms with Gasteiger partial charge in [0.25, 0.3) is 5.09 Å². The Balaban J connectivity index is 0.000000125. The van der Waals surface area contributed by atoms with Crippen LogP contribution in [0.4, 0.5) is 0 Å². The summed E-state index contributed by atoms with van der Waals surface area (Å²) >= 11 is 0. The first-order chi connectivity index (χ1) is 5.61. The van der Waals surface area contributed by atoms with Crippen molar-refractivity contribution < 1.29 is 15.4 Å². The van der Waals surface area contributed by atoms with Crippen LogP contribution in [0.5, 0.6) is 0 Å². The second kappa shape index (κ2) is 2.32. The molecule has 3 unspecified atom stereocenters. The number of hydrogen-bond acceptors (Lipinski definition) is 3. The summed E-state index contributed by atoms with van der Waals surface area (Å²) < 4.78 is 0. The third-order valence-corrected chi connectivity index (χ3v) is 3.43. The molecule has 0 spiro atoms. The van der Waals surface area contributed by atoms with Crippen LogP contribution in [0.15, 0.2) is 0 Å². The van der Waals surface area contributed by atoms with Crippen molar-refractivity contribution in [2.45, 2.75) is 18.9 Å². The van der Waals surface area contributed by atoms with Crippen molar-refractivity contribution in [1.82, 2.24) is 0 Å². The Morgan fingerprint density at radius 3 is 1.83 bits per heavy atom. The lowest BCUT2D eigenvalue weighted by atomic mass is 10.1. The van der Waals surface area contributed by atoms with E-state index in [4.69, 9.17) is 15.3 Å². The van der Waals surface area contributed by atoms with E-state index in [1.54, 1.807) is 0 Å². The maximum Gasteiger partial charge on any atom is 0.291 e. The molecule has 0 saturated heterocycles. The summed E-state index contributed by atoms with van der Waals surface area (Å²) in [4.78, 5) is 8.36. The summed E-state index contributed by atoms with van der Waals surface area (Å²) in [6.07, 6.45) is 2.84. The average Bonchev–Trinajstić information content (AvgIpc) is 2.32. The fraction of sp³-hybridized carbons (Fsp3) is 1.00. The zero-order valence-electron chi connectivity index (χ0n) is 6.46. The Morgan fingerprint density at radius 1 is 1.33 bits per heavy atom. The van der Waals surface area contributed by atoms with Crippen LogP contribution >= 0.6 is 0 Å². The van der Waals surface area contributed by atoms with E-state index in [1.165, 1.54) is 12.8 Å². The van der Waals surface area contributed by atoms with Crippen molar-refractivity contribution in [3.8, 4) is 0 Å². The third-order valence-electron chi connectivity index (χ3n) is 3.43. The highest BCUT2D eigenvalue weighted by atomic mass is 16.9. The monoisotopic (exact) mass is 173 g/mol. The Morgan fingerprint density at radius 2 is 1.75 bits per heavy atom. The van der Waals surface area contributed by atoms with Crippen LogP contribution in [-0.2, 0) is 0 Å². The van der Waals surface area contributed by atoms with Gasteiger partial charge in [-0.15, -0.1) is 10.1 Å². The molecule has 0 aromatic heterocycles. The Hall–Kier alpha value is -0.840. The van der Waals surface area contributed by atoms with E-state index in [0.717, 1.165) is 23.7 Å². The molecule has 12 heavy (non-hydrogen) atoms. The summed E-state index contributed by atoms with van der Waals surface area (Å²) in [7, 11) is 0. The standard InChI is InChI=1S/C7H10O.HNO3/c8-7-3-1-4-5(2-3)6(4)7;2-1(3)4/h3-8H,1-2H2;(H,2,3,4). The molecule has 68 valence electrons. The molecule has 2 N–H and O–H groups in total. The molecule has 5 nitrogen and oxygen atoms in total. The van der Waals surface area contributed by atoms with Crippen LogP contribution < -0.4 is 0 Å². The second-order valence-electron chi connectivity index (χ2n) is 3.86. The highest BCUT2D eigenvalue weighted by Gasteiger charge is 2.68. The predicted molar refractivity (Wildman–Crippen MR) is 38.0 cm³/mol. The topological polar surface area (TPSA) is 83.6 Å². The van der Waals surface area contributed by atoms with Crippen molar-refractivity contribution >= 4 is 0 Å². The second-order valence-corrected chi connectivity index (χ2v) is 3.86. The van der Waals surface area contributed by atoms with E-state index in [9.17, 15) is 5.11 Å². The SMILES string of the molecule is O=[N+]([O-])O.OC1C2CC3C(C2)C13. The number of aliphatic hydroxyl groups excluding tert-OH is 1. The van der Waals surface area contributed by atoms with Gasteiger partial charge in [0.15, 0.2) is 0 Å². The molecule has 4 bridgehead atoms. The summed E-state index contributed by atoms with van der Waals surface area (Å²) in [6, 6.07) is 0. The molecular formula is C7H11NO4. The van der Waals surface area contributed by atoms with E-state index in [0.29, 0.717) is 0 Å². The van der Waals surface area contributed by atoms with E-state index in [2.05, 4.69) is 0 Å². The number of nitrogens with zero attached hydrogens (tertiary/aromatic N) is 1. The summed E-state index contributed by atoms with van der Waals surface area (Å²) in [6.45, 7) is 0. The van der Waals surface area contributed by atoms with Gasteiger partial charge in [0.2, 0.25) is 0 Å². The zero-order valence-corrected chi connectivity index (χ0v) is 6.46. The molecule has 5 heteroatoms. The van der Waals surface area contributed by atoms with Gasteiger partial charge in [0.1, 0.15) is 0 Å². The van der Waals surface area contributed by atoms with Crippen LogP contribution in [0.25, 0.3) is 0 Å². The van der Waals surface area contributed by atoms with Gasteiger partial charge in [-0.1, -0.05) is 0 Å². The average molecular weight is 173 g/mol. The zero-order chi connectivity index (χ0) is 8.88. The van der Waals surface area contributed by atoms with E-state index in [-0.39, 0.29) is 6.10 Å². The van der Waals surface area contributed by atoms with Crippen molar-refractivity contribution in [2.75, 3.05) is 0 Å². The van der Waals surface area contributed by atoms with Gasteiger partial charge in [-0.25, -0.2) is 0 Å². The van der Waals surface area contributed by atoms with Gasteiger partial charge in [0.05, 0.1) is 6.10 Å². The minimum Gasteiger partial charge on any atom is -0.393 e. The van der Waals surface area contributed by atoms with Crippen LogP contribution in [-0.4, -0.2) is 21.5 Å². The van der Waals surface area contributed by atoms with Gasteiger partial charge < -0.3 is 10.3 Å². The van der Waals surface area contributed by atoms with E-state index < -0.39 is 5.09 Å². The molecule has 0 aliphatic heterocycles. The van der Waals surface area contributed by atoms with Crippen molar-refractivity contribution in [3.63, 3.8) is 0 Å². The molecule has 0 amide bonds. The number of aliphatic hydroxyl groups is 1. The molecule has 4 fully saturated rings. The molecule has 4 rings (SSSR count). The molecule has 4 saturated carbocycles. The molecule has 4 aliphatic rings. The largest absolute Gasteiger partial charge is 0.393 e. The van der Waals surface area contributed by atoms with Gasteiger partial charge in [-0.2, -0.15) is 0 Å². The molecule has 0 aromatic carbocycles. The smallest absolute Gasteiger partial charge is 0.291 e. The molecule has 0 radical (unpaired) electrons. The van der Waals surface area contributed by atoms with Gasteiger partial charge >= 0.3 is 0 Å². The highest BCUT2D eigenvalue weighted by molar-refractivity contribution is 5.16. The Labute approximate surface area is 69.1 Å². The van der Waals surface area contributed by atoms with Crippen molar-refractivity contribution in [2.24, 2.45) is 23.7 Å². The molecular weight excluding hydrogens is 162 g/mol. The van der Waals surface area contributed by atoms with Crippen molar-refractivity contribution in [3.05, 3.63) is 10.1 Å². The van der Waals surface area contributed by atoms with Gasteiger partial charge in [-0.3, -0.25) is 0 Å². The molecule has 4 aliphatic carbocycles. The molecule has 0 heterocycles. The number of rotatable bonds is 0. The summed E-state index contributed by atoms with van der Waals surface area (Å²) in [5.41, 5.74) is 0. The highest BCUT2D eigenvalue weighted by Crippen LogP contribution is 2.70. The van der Waals surface area contributed by atoms with E-state index >= 15 is 0 Å². The first-order valence-electron chi connectivity index (χ1n) is 4.12. The van der Waals surface area contributed by atoms with Crippen LogP contribution in [0.1, 0.15) is 12.8 Å². The van der Waals surface area contributed by atoms with Gasteiger partial charge in [-0.05, 0) is 36.5 Å². The van der Waals surface area contributed by atoms with Crippen LogP contribution in [0.3, 0.4) is 0 Å². The minimum absolute atomic E-state index is 0.130. The Bertz CT molecular complexity index is 201. The number of hydrogen-bond donors (Lipinski definition) is 2. The fourth-order valence-corrected chi connectivity index (χ4v) is 3.03. The quantitative estimate of drug-likeness (QED) is 0.407. The molecule has 0 aromatic rings. The maximum atomic E-state index is 9.35. The van der Waals surface area contributed by atoms with Crippen LogP contribution in [0, 0.1) is 33.8 Å². The third kappa shape index (κ3) is 0.964. The lowest BCUT2D eigenvalue weighted by Crippen LogP contribution is -2.09. The fourth-order valence-electron chi connectivity index (χ4n) is 3.03. The Kier molecular flexibility index (Phi) is 1.51. The predicted octanol–water partition coefficient (Wildman–Crippen LogP) is 0.285. The maximum absolute atomic E-state index is 9.35. The van der Waals surface area contributed by atoms with Crippen LogP contribution in [0.2, 0.25) is 0 Å². The van der Waals surface area contributed by atoms with E-state index in [1.807, 2.05) is 0 Å². The van der Waals surface area contributed by atoms with Crippen molar-refractivity contribution in [1.29, 1.82) is 0 Å². The first-order valence-corrected chi connectivity index (χ1v) is 4.12. The molecule has 3 atom stereocenters. The lowest BCUT2D eigenvalue weighted by Gasteiger charge is -2.03. The normalized spacial score (nSPS) is 51.2. The first kappa shape index (κ1) is 7.79.